The van der Waals surface area contributed by atoms with Crippen molar-refractivity contribution in [2.75, 3.05) is 14.1 Å². The first-order valence-corrected chi connectivity index (χ1v) is 8.93. The van der Waals surface area contributed by atoms with Crippen molar-refractivity contribution >= 4 is 29.3 Å². The second-order valence-electron chi connectivity index (χ2n) is 8.01. The van der Waals surface area contributed by atoms with Crippen LogP contribution in [0.4, 0.5) is 10.6 Å². The molecule has 9 nitrogen and oxygen atoms in total. The second-order valence-corrected chi connectivity index (χ2v) is 8.01. The predicted octanol–water partition coefficient (Wildman–Crippen LogP) is 2.17. The summed E-state index contributed by atoms with van der Waals surface area (Å²) >= 11 is 0. The average molecular weight is 374 g/mol. The van der Waals surface area contributed by atoms with E-state index in [0.29, 0.717) is 24.2 Å². The first-order chi connectivity index (χ1) is 12.6. The van der Waals surface area contributed by atoms with Crippen LogP contribution in [-0.2, 0) is 4.74 Å². The molecule has 0 aliphatic heterocycles. The number of nitrogens with zero attached hydrogens (tertiary/aromatic N) is 4. The molecular weight excluding hydrogens is 348 g/mol. The summed E-state index contributed by atoms with van der Waals surface area (Å²) in [7, 11) is 3.73. The third kappa shape index (κ3) is 4.29. The van der Waals surface area contributed by atoms with E-state index < -0.39 is 11.7 Å². The zero-order valence-corrected chi connectivity index (χ0v) is 16.3. The maximum Gasteiger partial charge on any atom is 0.407 e. The van der Waals surface area contributed by atoms with Gasteiger partial charge in [-0.25, -0.2) is 19.6 Å². The summed E-state index contributed by atoms with van der Waals surface area (Å²) in [6.07, 6.45) is 4.20. The lowest BCUT2D eigenvalue weighted by atomic mass is 9.86. The van der Waals surface area contributed by atoms with E-state index in [0.717, 1.165) is 5.52 Å². The van der Waals surface area contributed by atoms with Crippen molar-refractivity contribution < 1.29 is 9.53 Å². The molecule has 0 bridgehead atoms. The number of ether oxygens (including phenoxy) is 1. The van der Waals surface area contributed by atoms with Crippen LogP contribution in [0.1, 0.15) is 39.7 Å². The zero-order valence-electron chi connectivity index (χ0n) is 16.3. The van der Waals surface area contributed by atoms with Gasteiger partial charge in [-0.05, 0) is 39.7 Å². The number of pyridine rings is 1. The highest BCUT2D eigenvalue weighted by atomic mass is 16.6. The Morgan fingerprint density at radius 1 is 1.44 bits per heavy atom. The highest BCUT2D eigenvalue weighted by molar-refractivity contribution is 5.86. The van der Waals surface area contributed by atoms with Crippen LogP contribution in [0.25, 0.3) is 11.0 Å². The number of H-pyrrole nitrogens is 1. The van der Waals surface area contributed by atoms with Crippen LogP contribution < -0.4 is 11.0 Å². The Morgan fingerprint density at radius 2 is 2.15 bits per heavy atom. The van der Waals surface area contributed by atoms with E-state index in [9.17, 15) is 9.59 Å². The van der Waals surface area contributed by atoms with Gasteiger partial charge in [0.05, 0.1) is 11.9 Å². The first kappa shape index (κ1) is 18.9. The summed E-state index contributed by atoms with van der Waals surface area (Å²) in [4.78, 5) is 37.6. The molecule has 3 rings (SSSR count). The Labute approximate surface area is 157 Å². The highest BCUT2D eigenvalue weighted by Crippen LogP contribution is 2.34. The average Bonchev–Trinajstić information content (AvgIpc) is 2.83. The number of alkyl carbamates (subject to hydrolysis) is 1. The third-order valence-corrected chi connectivity index (χ3v) is 4.23. The lowest BCUT2D eigenvalue weighted by Crippen LogP contribution is -2.48. The minimum atomic E-state index is -0.530. The molecule has 0 spiro atoms. The second kappa shape index (κ2) is 7.05. The van der Waals surface area contributed by atoms with E-state index >= 15 is 0 Å². The van der Waals surface area contributed by atoms with Gasteiger partial charge in [-0.3, -0.25) is 4.57 Å². The Kier molecular flexibility index (Phi) is 4.95. The quantitative estimate of drug-likeness (QED) is 0.630. The number of carbonyl (C=O) groups excluding carboxylic acids is 1. The molecule has 2 aromatic rings. The van der Waals surface area contributed by atoms with Crippen molar-refractivity contribution in [1.82, 2.24) is 24.8 Å². The van der Waals surface area contributed by atoms with Crippen LogP contribution in [0, 0.1) is 0 Å². The van der Waals surface area contributed by atoms with Crippen LogP contribution in [0.15, 0.2) is 22.1 Å². The fourth-order valence-corrected chi connectivity index (χ4v) is 3.06. The number of rotatable bonds is 4. The van der Waals surface area contributed by atoms with E-state index in [1.807, 2.05) is 34.9 Å². The number of imidazole rings is 1. The van der Waals surface area contributed by atoms with Gasteiger partial charge in [0, 0.05) is 32.4 Å². The normalized spacial score (nSPS) is 19.9. The smallest absolute Gasteiger partial charge is 0.407 e. The molecule has 2 N–H and O–H groups in total. The molecule has 27 heavy (non-hydrogen) atoms. The number of carbonyl (C=O) groups is 1. The SMILES string of the molecule is CN(C)/C=N/c1nccc2c1[nH]c(=O)n2[C@H]1C[C@@H](NC(=O)OC(C)(C)C)C1. The summed E-state index contributed by atoms with van der Waals surface area (Å²) < 4.78 is 6.99. The van der Waals surface area contributed by atoms with E-state index in [-0.39, 0.29) is 17.8 Å². The minimum Gasteiger partial charge on any atom is -0.444 e. The van der Waals surface area contributed by atoms with Crippen LogP contribution in [-0.4, -0.2) is 57.6 Å². The number of hydrogen-bond acceptors (Lipinski definition) is 5. The molecule has 1 amide bonds. The van der Waals surface area contributed by atoms with Crippen molar-refractivity contribution in [1.29, 1.82) is 0 Å². The number of aliphatic imine (C=N–C) groups is 1. The maximum atomic E-state index is 12.5. The molecule has 1 aliphatic rings. The molecule has 146 valence electrons. The summed E-state index contributed by atoms with van der Waals surface area (Å²) in [6, 6.07) is 1.81. The van der Waals surface area contributed by atoms with Crippen LogP contribution in [0.5, 0.6) is 0 Å². The molecule has 0 unspecified atom stereocenters. The fraction of sp³-hybridized carbons (Fsp3) is 0.556. The molecule has 1 aliphatic carbocycles. The van der Waals surface area contributed by atoms with Gasteiger partial charge in [0.1, 0.15) is 11.1 Å². The molecule has 9 heteroatoms. The number of aromatic nitrogens is 3. The monoisotopic (exact) mass is 374 g/mol. The van der Waals surface area contributed by atoms with Crippen LogP contribution in [0.2, 0.25) is 0 Å². The Bertz CT molecular complexity index is 915. The van der Waals surface area contributed by atoms with Crippen molar-refractivity contribution in [3.05, 3.63) is 22.7 Å². The van der Waals surface area contributed by atoms with Gasteiger partial charge in [-0.2, -0.15) is 0 Å². The molecule has 0 radical (unpaired) electrons. The van der Waals surface area contributed by atoms with Crippen LogP contribution in [0.3, 0.4) is 0 Å². The molecular formula is C18H26N6O3. The fourth-order valence-electron chi connectivity index (χ4n) is 3.06. The van der Waals surface area contributed by atoms with E-state index in [1.54, 1.807) is 28.1 Å². The van der Waals surface area contributed by atoms with Gasteiger partial charge >= 0.3 is 11.8 Å². The minimum absolute atomic E-state index is 0.00484. The summed E-state index contributed by atoms with van der Waals surface area (Å²) in [5.74, 6) is 0.472. The summed E-state index contributed by atoms with van der Waals surface area (Å²) in [5, 5.41) is 2.85. The maximum absolute atomic E-state index is 12.5. The largest absolute Gasteiger partial charge is 0.444 e. The molecule has 0 atom stereocenters. The molecule has 0 aromatic carbocycles. The molecule has 0 saturated heterocycles. The number of amides is 1. The molecule has 2 heterocycles. The van der Waals surface area contributed by atoms with Crippen LogP contribution >= 0.6 is 0 Å². The van der Waals surface area contributed by atoms with Gasteiger partial charge < -0.3 is 19.9 Å². The standard InChI is InChI=1S/C18H26N6O3/c1-18(2,3)27-17(26)21-11-8-12(9-11)24-13-6-7-19-15(20-10-23(4)5)14(13)22-16(24)25/h6-7,10-12H,8-9H2,1-5H3,(H,21,26)(H,22,25)/b20-10+/t11-,12+. The number of fused-ring (bicyclic) bond motifs is 1. The number of nitrogens with one attached hydrogen (secondary N) is 2. The Balaban J connectivity index is 1.74. The van der Waals surface area contributed by atoms with E-state index in [4.69, 9.17) is 4.74 Å². The van der Waals surface area contributed by atoms with Crippen molar-refractivity contribution in [2.45, 2.75) is 51.3 Å². The number of aromatic amines is 1. The third-order valence-electron chi connectivity index (χ3n) is 4.23. The topological polar surface area (TPSA) is 105 Å². The highest BCUT2D eigenvalue weighted by Gasteiger charge is 2.34. The lowest BCUT2D eigenvalue weighted by molar-refractivity contribution is 0.0457. The van der Waals surface area contributed by atoms with Crippen molar-refractivity contribution in [3.63, 3.8) is 0 Å². The van der Waals surface area contributed by atoms with Crippen molar-refractivity contribution in [3.8, 4) is 0 Å². The first-order valence-electron chi connectivity index (χ1n) is 8.93. The van der Waals surface area contributed by atoms with Crippen molar-refractivity contribution in [2.24, 2.45) is 4.99 Å². The molecule has 1 fully saturated rings. The van der Waals surface area contributed by atoms with Gasteiger partial charge in [-0.1, -0.05) is 0 Å². The summed E-state index contributed by atoms with van der Waals surface area (Å²) in [5.41, 5.74) is 0.656. The van der Waals surface area contributed by atoms with E-state index in [2.05, 4.69) is 20.3 Å². The van der Waals surface area contributed by atoms with Gasteiger partial charge in [-0.15, -0.1) is 0 Å². The van der Waals surface area contributed by atoms with Gasteiger partial charge in [0.25, 0.3) is 0 Å². The zero-order chi connectivity index (χ0) is 19.8. The Hall–Kier alpha value is -2.84. The lowest BCUT2D eigenvalue weighted by Gasteiger charge is -2.36. The van der Waals surface area contributed by atoms with E-state index in [1.165, 1.54) is 0 Å². The summed E-state index contributed by atoms with van der Waals surface area (Å²) in [6.45, 7) is 5.48. The Morgan fingerprint density at radius 3 is 2.78 bits per heavy atom. The van der Waals surface area contributed by atoms with Gasteiger partial charge in [0.2, 0.25) is 0 Å². The van der Waals surface area contributed by atoms with Gasteiger partial charge in [0.15, 0.2) is 5.82 Å². The number of hydrogen-bond donors (Lipinski definition) is 2. The molecule has 1 saturated carbocycles. The molecule has 2 aromatic heterocycles. The predicted molar refractivity (Wildman–Crippen MR) is 104 cm³/mol.